The van der Waals surface area contributed by atoms with Crippen molar-refractivity contribution in [3.05, 3.63) is 46.6 Å². The highest BCUT2D eigenvalue weighted by molar-refractivity contribution is 6.35. The van der Waals surface area contributed by atoms with Crippen LogP contribution >= 0.6 is 23.2 Å². The number of pyridine rings is 1. The van der Waals surface area contributed by atoms with E-state index >= 15 is 0 Å². The van der Waals surface area contributed by atoms with Crippen LogP contribution in [0.3, 0.4) is 0 Å². The lowest BCUT2D eigenvalue weighted by Crippen LogP contribution is -2.22. The van der Waals surface area contributed by atoms with Crippen molar-refractivity contribution in [2.75, 3.05) is 0 Å². The average molecular weight is 328 g/mol. The quantitative estimate of drug-likeness (QED) is 0.897. The summed E-state index contributed by atoms with van der Waals surface area (Å²) in [6, 6.07) is 7.96. The smallest absolute Gasteiger partial charge is 0.344 e. The van der Waals surface area contributed by atoms with Crippen LogP contribution in [0.5, 0.6) is 17.4 Å². The molecule has 0 aliphatic carbocycles. The molecule has 0 amide bonds. The molecule has 1 heterocycles. The van der Waals surface area contributed by atoms with Gasteiger partial charge in [-0.05, 0) is 37.3 Å². The molecular formula is C14H11Cl2NO4. The number of carbonyl (C=O) groups is 1. The van der Waals surface area contributed by atoms with E-state index in [4.69, 9.17) is 37.8 Å². The van der Waals surface area contributed by atoms with Crippen LogP contribution in [0, 0.1) is 0 Å². The Labute approximate surface area is 131 Å². The standard InChI is InChI=1S/C14H11Cl2NO4/c1-8(14(18)19)20-10-2-4-11(5-3-10)21-13-12(16)6-9(15)7-17-13/h2-8H,1H3,(H,18,19). The first-order valence-electron chi connectivity index (χ1n) is 5.94. The van der Waals surface area contributed by atoms with E-state index in [0.717, 1.165) is 0 Å². The lowest BCUT2D eigenvalue weighted by Gasteiger charge is -2.11. The summed E-state index contributed by atoms with van der Waals surface area (Å²) in [5.41, 5.74) is 0. The van der Waals surface area contributed by atoms with Gasteiger partial charge in [-0.1, -0.05) is 23.2 Å². The fraction of sp³-hybridized carbons (Fsp3) is 0.143. The van der Waals surface area contributed by atoms with E-state index in [1.54, 1.807) is 24.3 Å². The molecule has 1 unspecified atom stereocenters. The third kappa shape index (κ3) is 4.24. The molecule has 1 aromatic heterocycles. The largest absolute Gasteiger partial charge is 0.479 e. The molecule has 0 saturated carbocycles. The van der Waals surface area contributed by atoms with E-state index in [2.05, 4.69) is 4.98 Å². The van der Waals surface area contributed by atoms with Gasteiger partial charge in [-0.25, -0.2) is 9.78 Å². The molecule has 2 aromatic rings. The molecule has 1 atom stereocenters. The lowest BCUT2D eigenvalue weighted by molar-refractivity contribution is -0.144. The Balaban J connectivity index is 2.07. The molecule has 21 heavy (non-hydrogen) atoms. The second-order valence-corrected chi connectivity index (χ2v) is 4.96. The lowest BCUT2D eigenvalue weighted by atomic mass is 10.3. The van der Waals surface area contributed by atoms with Gasteiger partial charge < -0.3 is 14.6 Å². The van der Waals surface area contributed by atoms with Gasteiger partial charge in [0.05, 0.1) is 5.02 Å². The number of aliphatic carboxylic acids is 1. The van der Waals surface area contributed by atoms with E-state index in [0.29, 0.717) is 21.5 Å². The molecule has 0 aliphatic rings. The van der Waals surface area contributed by atoms with Crippen molar-refractivity contribution in [2.45, 2.75) is 13.0 Å². The van der Waals surface area contributed by atoms with Gasteiger partial charge >= 0.3 is 5.97 Å². The molecule has 5 nitrogen and oxygen atoms in total. The van der Waals surface area contributed by atoms with Gasteiger partial charge in [-0.2, -0.15) is 0 Å². The Morgan fingerprint density at radius 1 is 1.24 bits per heavy atom. The Bertz CT molecular complexity index is 646. The molecule has 1 aromatic carbocycles. The summed E-state index contributed by atoms with van der Waals surface area (Å²) in [5, 5.41) is 9.47. The number of carboxylic acids is 1. The molecule has 7 heteroatoms. The number of halogens is 2. The zero-order valence-corrected chi connectivity index (χ0v) is 12.4. The molecular weight excluding hydrogens is 317 g/mol. The molecule has 0 spiro atoms. The van der Waals surface area contributed by atoms with Crippen molar-refractivity contribution in [1.29, 1.82) is 0 Å². The maximum atomic E-state index is 10.7. The van der Waals surface area contributed by atoms with Gasteiger partial charge in [0.1, 0.15) is 16.5 Å². The van der Waals surface area contributed by atoms with E-state index in [-0.39, 0.29) is 5.88 Å². The number of carboxylic acid groups (broad SMARTS) is 1. The van der Waals surface area contributed by atoms with Gasteiger partial charge in [0.15, 0.2) is 6.10 Å². The molecule has 110 valence electrons. The van der Waals surface area contributed by atoms with Gasteiger partial charge in [0.2, 0.25) is 5.88 Å². The van der Waals surface area contributed by atoms with Crippen molar-refractivity contribution < 1.29 is 19.4 Å². The molecule has 0 bridgehead atoms. The Morgan fingerprint density at radius 3 is 2.43 bits per heavy atom. The minimum atomic E-state index is -1.03. The van der Waals surface area contributed by atoms with Crippen LogP contribution in [0.1, 0.15) is 6.92 Å². The predicted octanol–water partition coefficient (Wildman–Crippen LogP) is 4.03. The number of benzene rings is 1. The summed E-state index contributed by atoms with van der Waals surface area (Å²) < 4.78 is 10.7. The van der Waals surface area contributed by atoms with Gasteiger partial charge in [0.25, 0.3) is 0 Å². The first kappa shape index (κ1) is 15.4. The zero-order chi connectivity index (χ0) is 15.4. The highest BCUT2D eigenvalue weighted by Gasteiger charge is 2.12. The van der Waals surface area contributed by atoms with Crippen LogP contribution in [0.15, 0.2) is 36.5 Å². The van der Waals surface area contributed by atoms with Crippen LogP contribution in [-0.2, 0) is 4.79 Å². The van der Waals surface area contributed by atoms with E-state index in [1.807, 2.05) is 0 Å². The Kier molecular flexibility index (Phi) is 4.88. The van der Waals surface area contributed by atoms with Gasteiger partial charge in [-0.3, -0.25) is 0 Å². The number of ether oxygens (including phenoxy) is 2. The number of hydrogen-bond donors (Lipinski definition) is 1. The molecule has 1 N–H and O–H groups in total. The Hall–Kier alpha value is -1.98. The van der Waals surface area contributed by atoms with Crippen molar-refractivity contribution in [3.8, 4) is 17.4 Å². The van der Waals surface area contributed by atoms with Crippen LogP contribution < -0.4 is 9.47 Å². The summed E-state index contributed by atoms with van der Waals surface area (Å²) in [5.74, 6) is 0.107. The molecule has 0 saturated heterocycles. The third-order valence-electron chi connectivity index (χ3n) is 2.47. The third-order valence-corrected chi connectivity index (χ3v) is 2.95. The van der Waals surface area contributed by atoms with Crippen molar-refractivity contribution in [2.24, 2.45) is 0 Å². The van der Waals surface area contributed by atoms with Gasteiger partial charge in [-0.15, -0.1) is 0 Å². The van der Waals surface area contributed by atoms with Gasteiger partial charge in [0, 0.05) is 6.20 Å². The maximum absolute atomic E-state index is 10.7. The topological polar surface area (TPSA) is 68.7 Å². The van der Waals surface area contributed by atoms with Crippen molar-refractivity contribution >= 4 is 29.2 Å². The van der Waals surface area contributed by atoms with Crippen LogP contribution in [0.4, 0.5) is 0 Å². The fourth-order valence-corrected chi connectivity index (χ4v) is 1.85. The molecule has 0 aliphatic heterocycles. The summed E-state index contributed by atoms with van der Waals surface area (Å²) in [7, 11) is 0. The zero-order valence-electron chi connectivity index (χ0n) is 10.9. The summed E-state index contributed by atoms with van der Waals surface area (Å²) in [6.45, 7) is 1.45. The number of aromatic nitrogens is 1. The second kappa shape index (κ2) is 6.65. The van der Waals surface area contributed by atoms with Crippen molar-refractivity contribution in [1.82, 2.24) is 4.98 Å². The van der Waals surface area contributed by atoms with E-state index in [9.17, 15) is 4.79 Å². The predicted molar refractivity (Wildman–Crippen MR) is 78.5 cm³/mol. The van der Waals surface area contributed by atoms with Crippen LogP contribution in [0.25, 0.3) is 0 Å². The summed E-state index contributed by atoms with van der Waals surface area (Å²) >= 11 is 11.7. The summed E-state index contributed by atoms with van der Waals surface area (Å²) in [6.07, 6.45) is 0.499. The second-order valence-electron chi connectivity index (χ2n) is 4.11. The molecule has 2 rings (SSSR count). The maximum Gasteiger partial charge on any atom is 0.344 e. The average Bonchev–Trinajstić information content (AvgIpc) is 2.43. The van der Waals surface area contributed by atoms with Crippen LogP contribution in [-0.4, -0.2) is 22.2 Å². The Morgan fingerprint density at radius 2 is 1.86 bits per heavy atom. The highest BCUT2D eigenvalue weighted by Crippen LogP contribution is 2.29. The SMILES string of the molecule is CC(Oc1ccc(Oc2ncc(Cl)cc2Cl)cc1)C(=O)O. The highest BCUT2D eigenvalue weighted by atomic mass is 35.5. The minimum Gasteiger partial charge on any atom is -0.479 e. The number of nitrogens with zero attached hydrogens (tertiary/aromatic N) is 1. The first-order chi connectivity index (χ1) is 9.95. The van der Waals surface area contributed by atoms with Crippen molar-refractivity contribution in [3.63, 3.8) is 0 Å². The number of rotatable bonds is 5. The first-order valence-corrected chi connectivity index (χ1v) is 6.69. The monoisotopic (exact) mass is 327 g/mol. The van der Waals surface area contributed by atoms with Crippen LogP contribution in [0.2, 0.25) is 10.0 Å². The minimum absolute atomic E-state index is 0.230. The fourth-order valence-electron chi connectivity index (χ4n) is 1.43. The summed E-state index contributed by atoms with van der Waals surface area (Å²) in [4.78, 5) is 14.7. The molecule has 0 radical (unpaired) electrons. The number of hydrogen-bond acceptors (Lipinski definition) is 4. The normalized spacial score (nSPS) is 11.8. The van der Waals surface area contributed by atoms with E-state index < -0.39 is 12.1 Å². The molecule has 0 fully saturated rings. The van der Waals surface area contributed by atoms with E-state index in [1.165, 1.54) is 19.2 Å².